The molecule has 0 spiro atoms. The number of piperazine rings is 1. The Morgan fingerprint density at radius 2 is 1.90 bits per heavy atom. The van der Waals surface area contributed by atoms with E-state index in [1.807, 2.05) is 18.2 Å². The molecule has 2 rings (SSSR count). The molecule has 0 unspecified atom stereocenters. The Morgan fingerprint density at radius 1 is 1.14 bits per heavy atom. The minimum atomic E-state index is 0.796. The van der Waals surface area contributed by atoms with Crippen molar-refractivity contribution in [1.82, 2.24) is 4.90 Å². The van der Waals surface area contributed by atoms with E-state index in [0.29, 0.717) is 0 Å². The molecule has 1 aromatic rings. The van der Waals surface area contributed by atoms with Crippen LogP contribution in [-0.4, -0.2) is 37.6 Å². The van der Waals surface area contributed by atoms with Crippen LogP contribution in [0.5, 0.6) is 0 Å². The van der Waals surface area contributed by atoms with Crippen LogP contribution in [0.4, 0.5) is 5.69 Å². The molecule has 0 aromatic heterocycles. The third-order valence-electron chi connectivity index (χ3n) is 4.27. The highest BCUT2D eigenvalue weighted by molar-refractivity contribution is 6.32. The number of nitrogens with zero attached hydrogens (tertiary/aromatic N) is 2. The molecule has 116 valence electrons. The van der Waals surface area contributed by atoms with Gasteiger partial charge in [-0.15, -0.1) is 0 Å². The summed E-state index contributed by atoms with van der Waals surface area (Å²) in [6.45, 7) is 11.9. The van der Waals surface area contributed by atoms with Gasteiger partial charge in [-0.3, -0.25) is 4.90 Å². The van der Waals surface area contributed by atoms with E-state index in [1.54, 1.807) is 0 Å². The van der Waals surface area contributed by atoms with Crippen LogP contribution in [0.2, 0.25) is 5.02 Å². The van der Waals surface area contributed by atoms with Crippen molar-refractivity contribution in [3.63, 3.8) is 0 Å². The van der Waals surface area contributed by atoms with Crippen molar-refractivity contribution in [2.45, 2.75) is 32.6 Å². The number of unbranched alkanes of at least 4 members (excludes halogenated alkanes) is 3. The van der Waals surface area contributed by atoms with E-state index in [1.165, 1.54) is 37.9 Å². The predicted octanol–water partition coefficient (Wildman–Crippen LogP) is 4.69. The van der Waals surface area contributed by atoms with Crippen LogP contribution in [0.1, 0.15) is 38.2 Å². The van der Waals surface area contributed by atoms with E-state index >= 15 is 0 Å². The van der Waals surface area contributed by atoms with Crippen molar-refractivity contribution in [3.05, 3.63) is 35.4 Å². The molecule has 0 amide bonds. The summed E-state index contributed by atoms with van der Waals surface area (Å²) in [6, 6.07) is 6.12. The average Bonchev–Trinajstić information content (AvgIpc) is 2.52. The normalized spacial score (nSPS) is 16.2. The lowest BCUT2D eigenvalue weighted by atomic mass is 10.1. The van der Waals surface area contributed by atoms with Crippen molar-refractivity contribution < 1.29 is 0 Å². The van der Waals surface area contributed by atoms with E-state index in [-0.39, 0.29) is 0 Å². The standard InChI is InChI=1S/C18H27ClN2/c1-3-5-6-7-11-20-12-14-21(15-13-20)18-10-8-9-17(19)16(18)4-2/h4,8-10H,2-3,5-7,11-15H2,1H3. The van der Waals surface area contributed by atoms with Gasteiger partial charge in [-0.1, -0.05) is 56.5 Å². The van der Waals surface area contributed by atoms with Gasteiger partial charge in [0.1, 0.15) is 0 Å². The van der Waals surface area contributed by atoms with Crippen LogP contribution in [0.3, 0.4) is 0 Å². The van der Waals surface area contributed by atoms with Crippen molar-refractivity contribution in [1.29, 1.82) is 0 Å². The molecule has 1 saturated heterocycles. The van der Waals surface area contributed by atoms with Crippen LogP contribution >= 0.6 is 11.6 Å². The van der Waals surface area contributed by atoms with E-state index in [0.717, 1.165) is 36.8 Å². The topological polar surface area (TPSA) is 6.48 Å². The molecule has 0 aliphatic carbocycles. The number of halogens is 1. The molecular formula is C18H27ClN2. The first kappa shape index (κ1) is 16.4. The van der Waals surface area contributed by atoms with Gasteiger partial charge >= 0.3 is 0 Å². The molecule has 21 heavy (non-hydrogen) atoms. The lowest BCUT2D eigenvalue weighted by molar-refractivity contribution is 0.252. The highest BCUT2D eigenvalue weighted by Crippen LogP contribution is 2.29. The number of benzene rings is 1. The zero-order chi connectivity index (χ0) is 15.1. The fourth-order valence-corrected chi connectivity index (χ4v) is 3.22. The van der Waals surface area contributed by atoms with E-state index in [4.69, 9.17) is 11.6 Å². The second kappa shape index (κ2) is 8.45. The lowest BCUT2D eigenvalue weighted by Crippen LogP contribution is -2.46. The minimum absolute atomic E-state index is 0.796. The molecule has 1 heterocycles. The highest BCUT2D eigenvalue weighted by Gasteiger charge is 2.18. The van der Waals surface area contributed by atoms with Gasteiger partial charge in [-0.2, -0.15) is 0 Å². The maximum absolute atomic E-state index is 6.27. The van der Waals surface area contributed by atoms with Crippen LogP contribution in [-0.2, 0) is 0 Å². The molecule has 1 aromatic carbocycles. The Morgan fingerprint density at radius 3 is 2.57 bits per heavy atom. The zero-order valence-electron chi connectivity index (χ0n) is 13.2. The van der Waals surface area contributed by atoms with E-state index in [2.05, 4.69) is 29.4 Å². The van der Waals surface area contributed by atoms with Gasteiger partial charge in [0.15, 0.2) is 0 Å². The molecule has 0 N–H and O–H groups in total. The Balaban J connectivity index is 1.86. The fourth-order valence-electron chi connectivity index (χ4n) is 2.98. The van der Waals surface area contributed by atoms with Gasteiger partial charge in [-0.25, -0.2) is 0 Å². The number of anilines is 1. The van der Waals surface area contributed by atoms with Crippen LogP contribution in [0, 0.1) is 0 Å². The summed E-state index contributed by atoms with van der Waals surface area (Å²) in [6.07, 6.45) is 7.25. The van der Waals surface area contributed by atoms with Gasteiger partial charge < -0.3 is 4.90 Å². The molecule has 3 heteroatoms. The zero-order valence-corrected chi connectivity index (χ0v) is 13.9. The number of hydrogen-bond donors (Lipinski definition) is 0. The predicted molar refractivity (Wildman–Crippen MR) is 94.3 cm³/mol. The molecule has 1 aliphatic rings. The quantitative estimate of drug-likeness (QED) is 0.675. The Kier molecular flexibility index (Phi) is 6.59. The molecule has 0 bridgehead atoms. The Hall–Kier alpha value is -0.990. The first-order valence-electron chi connectivity index (χ1n) is 8.14. The molecule has 1 fully saturated rings. The monoisotopic (exact) mass is 306 g/mol. The van der Waals surface area contributed by atoms with Gasteiger partial charge in [-0.05, 0) is 25.1 Å². The fraction of sp³-hybridized carbons (Fsp3) is 0.556. The first-order chi connectivity index (χ1) is 10.3. The van der Waals surface area contributed by atoms with E-state index < -0.39 is 0 Å². The van der Waals surface area contributed by atoms with Crippen LogP contribution < -0.4 is 4.90 Å². The summed E-state index contributed by atoms with van der Waals surface area (Å²) >= 11 is 6.27. The second-order valence-electron chi connectivity index (χ2n) is 5.77. The maximum Gasteiger partial charge on any atom is 0.0498 e. The smallest absolute Gasteiger partial charge is 0.0498 e. The Bertz CT molecular complexity index is 451. The molecule has 0 saturated carbocycles. The number of hydrogen-bond acceptors (Lipinski definition) is 2. The molecular weight excluding hydrogens is 280 g/mol. The summed E-state index contributed by atoms with van der Waals surface area (Å²) < 4.78 is 0. The van der Waals surface area contributed by atoms with Gasteiger partial charge in [0, 0.05) is 42.5 Å². The van der Waals surface area contributed by atoms with Crippen LogP contribution in [0.25, 0.3) is 6.08 Å². The first-order valence-corrected chi connectivity index (χ1v) is 8.52. The average molecular weight is 307 g/mol. The van der Waals surface area contributed by atoms with Crippen molar-refractivity contribution >= 4 is 23.4 Å². The summed E-state index contributed by atoms with van der Waals surface area (Å²) in [5, 5.41) is 0.796. The van der Waals surface area contributed by atoms with Crippen molar-refractivity contribution in [2.24, 2.45) is 0 Å². The molecule has 0 radical (unpaired) electrons. The SMILES string of the molecule is C=Cc1c(Cl)cccc1N1CCN(CCCCCC)CC1. The number of rotatable bonds is 7. The van der Waals surface area contributed by atoms with Gasteiger partial charge in [0.2, 0.25) is 0 Å². The second-order valence-corrected chi connectivity index (χ2v) is 6.17. The van der Waals surface area contributed by atoms with Gasteiger partial charge in [0.05, 0.1) is 0 Å². The summed E-state index contributed by atoms with van der Waals surface area (Å²) in [7, 11) is 0. The third kappa shape index (κ3) is 4.49. The van der Waals surface area contributed by atoms with Crippen molar-refractivity contribution in [3.8, 4) is 0 Å². The highest BCUT2D eigenvalue weighted by atomic mass is 35.5. The minimum Gasteiger partial charge on any atom is -0.368 e. The summed E-state index contributed by atoms with van der Waals surface area (Å²) in [5.41, 5.74) is 2.29. The van der Waals surface area contributed by atoms with Crippen molar-refractivity contribution in [2.75, 3.05) is 37.6 Å². The third-order valence-corrected chi connectivity index (χ3v) is 4.60. The Labute approximate surface area is 134 Å². The van der Waals surface area contributed by atoms with E-state index in [9.17, 15) is 0 Å². The summed E-state index contributed by atoms with van der Waals surface area (Å²) in [4.78, 5) is 5.02. The maximum atomic E-state index is 6.27. The van der Waals surface area contributed by atoms with Crippen LogP contribution in [0.15, 0.2) is 24.8 Å². The van der Waals surface area contributed by atoms with Gasteiger partial charge in [0.25, 0.3) is 0 Å². The molecule has 2 nitrogen and oxygen atoms in total. The molecule has 0 atom stereocenters. The summed E-state index contributed by atoms with van der Waals surface area (Å²) in [5.74, 6) is 0. The lowest BCUT2D eigenvalue weighted by Gasteiger charge is -2.37. The molecule has 1 aliphatic heterocycles. The largest absolute Gasteiger partial charge is 0.368 e.